The molecule has 0 spiro atoms. The van der Waals surface area contributed by atoms with Crippen LogP contribution in [-0.2, 0) is 17.6 Å². The lowest BCUT2D eigenvalue weighted by Crippen LogP contribution is -2.39. The number of nitrogens with one attached hydrogen (secondary N) is 1. The molecule has 124 valence electrons. The summed E-state index contributed by atoms with van der Waals surface area (Å²) >= 11 is 1.72. The number of thiophene rings is 1. The number of hydrogen-bond donors (Lipinski definition) is 1. The van der Waals surface area contributed by atoms with Gasteiger partial charge in [-0.15, -0.1) is 11.3 Å². The zero-order chi connectivity index (χ0) is 16.0. The van der Waals surface area contributed by atoms with Crippen molar-refractivity contribution in [1.29, 1.82) is 0 Å². The first-order valence-electron chi connectivity index (χ1n) is 8.49. The van der Waals surface area contributed by atoms with Crippen LogP contribution in [0.25, 0.3) is 10.2 Å². The van der Waals surface area contributed by atoms with Gasteiger partial charge < -0.3 is 9.72 Å². The van der Waals surface area contributed by atoms with Crippen LogP contribution >= 0.6 is 11.3 Å². The summed E-state index contributed by atoms with van der Waals surface area (Å²) in [7, 11) is 0. The predicted octanol–water partition coefficient (Wildman–Crippen LogP) is 2.50. The summed E-state index contributed by atoms with van der Waals surface area (Å²) in [6, 6.07) is 0.119. The summed E-state index contributed by atoms with van der Waals surface area (Å²) in [6.45, 7) is 7.69. The number of fused-ring (bicyclic) bond motifs is 3. The SMILES string of the molecule is C[C@H]1CCc2c(sc3nc([C@H](C)N4CCOCC4)[nH]c(=O)c23)C1. The van der Waals surface area contributed by atoms with E-state index >= 15 is 0 Å². The van der Waals surface area contributed by atoms with E-state index in [1.807, 2.05) is 0 Å². The molecule has 0 bridgehead atoms. The molecule has 1 fully saturated rings. The minimum atomic E-state index is 0.0390. The highest BCUT2D eigenvalue weighted by Gasteiger charge is 2.25. The molecule has 1 saturated heterocycles. The van der Waals surface area contributed by atoms with Gasteiger partial charge in [-0.05, 0) is 37.7 Å². The lowest BCUT2D eigenvalue weighted by Gasteiger charge is -2.31. The zero-order valence-electron chi connectivity index (χ0n) is 13.7. The smallest absolute Gasteiger partial charge is 0.259 e. The third kappa shape index (κ3) is 2.73. The van der Waals surface area contributed by atoms with Crippen molar-refractivity contribution in [1.82, 2.24) is 14.9 Å². The number of nitrogens with zero attached hydrogens (tertiary/aromatic N) is 2. The van der Waals surface area contributed by atoms with Crippen LogP contribution in [0.15, 0.2) is 4.79 Å². The molecule has 1 N–H and O–H groups in total. The monoisotopic (exact) mass is 333 g/mol. The fourth-order valence-corrected chi connectivity index (χ4v) is 5.09. The number of rotatable bonds is 2. The quantitative estimate of drug-likeness (QED) is 0.917. The van der Waals surface area contributed by atoms with Gasteiger partial charge in [0, 0.05) is 18.0 Å². The maximum absolute atomic E-state index is 12.7. The average molecular weight is 333 g/mol. The number of H-pyrrole nitrogens is 1. The maximum Gasteiger partial charge on any atom is 0.259 e. The van der Waals surface area contributed by atoms with Crippen LogP contribution in [0.2, 0.25) is 0 Å². The number of aromatic nitrogens is 2. The summed E-state index contributed by atoms with van der Waals surface area (Å²) in [4.78, 5) is 25.2. The van der Waals surface area contributed by atoms with E-state index in [9.17, 15) is 4.79 Å². The molecule has 0 aromatic carbocycles. The standard InChI is InChI=1S/C17H23N3O2S/c1-10-3-4-12-13(9-10)23-17-14(12)16(21)18-15(19-17)11(2)20-5-7-22-8-6-20/h10-11H,3-9H2,1-2H3,(H,18,19,21)/t10-,11-/m0/s1. The van der Waals surface area contributed by atoms with Crippen molar-refractivity contribution in [3.05, 3.63) is 26.6 Å². The van der Waals surface area contributed by atoms with Crippen LogP contribution in [-0.4, -0.2) is 41.2 Å². The van der Waals surface area contributed by atoms with Crippen molar-refractivity contribution in [2.24, 2.45) is 5.92 Å². The Labute approximate surface area is 139 Å². The lowest BCUT2D eigenvalue weighted by atomic mass is 9.89. The largest absolute Gasteiger partial charge is 0.379 e. The van der Waals surface area contributed by atoms with Gasteiger partial charge in [-0.3, -0.25) is 9.69 Å². The zero-order valence-corrected chi connectivity index (χ0v) is 14.5. The predicted molar refractivity (Wildman–Crippen MR) is 92.2 cm³/mol. The summed E-state index contributed by atoms with van der Waals surface area (Å²) in [5.41, 5.74) is 1.29. The Morgan fingerprint density at radius 1 is 1.39 bits per heavy atom. The summed E-state index contributed by atoms with van der Waals surface area (Å²) < 4.78 is 5.41. The third-order valence-corrected chi connectivity index (χ3v) is 6.32. The molecule has 23 heavy (non-hydrogen) atoms. The molecular weight excluding hydrogens is 310 g/mol. The van der Waals surface area contributed by atoms with Gasteiger partial charge in [0.05, 0.1) is 24.6 Å². The van der Waals surface area contributed by atoms with Crippen LogP contribution < -0.4 is 5.56 Å². The highest BCUT2D eigenvalue weighted by molar-refractivity contribution is 7.18. The van der Waals surface area contributed by atoms with Crippen molar-refractivity contribution in [2.75, 3.05) is 26.3 Å². The van der Waals surface area contributed by atoms with Crippen LogP contribution in [0.3, 0.4) is 0 Å². The Hall–Kier alpha value is -1.24. The molecule has 2 aromatic rings. The lowest BCUT2D eigenvalue weighted by molar-refractivity contribution is 0.0182. The molecular formula is C17H23N3O2S. The molecule has 0 radical (unpaired) electrons. The average Bonchev–Trinajstić information content (AvgIpc) is 2.92. The van der Waals surface area contributed by atoms with Crippen LogP contribution in [0, 0.1) is 5.92 Å². The molecule has 1 aliphatic heterocycles. The number of hydrogen-bond acceptors (Lipinski definition) is 5. The highest BCUT2D eigenvalue weighted by Crippen LogP contribution is 2.36. The molecule has 2 atom stereocenters. The van der Waals surface area contributed by atoms with Gasteiger partial charge in [0.15, 0.2) is 0 Å². The van der Waals surface area contributed by atoms with Gasteiger partial charge >= 0.3 is 0 Å². The number of ether oxygens (including phenoxy) is 1. The fourth-order valence-electron chi connectivity index (χ4n) is 3.70. The summed E-state index contributed by atoms with van der Waals surface area (Å²) in [5.74, 6) is 1.50. The first-order chi connectivity index (χ1) is 11.1. The topological polar surface area (TPSA) is 58.2 Å². The van der Waals surface area contributed by atoms with Gasteiger partial charge in [0.1, 0.15) is 10.7 Å². The van der Waals surface area contributed by atoms with Gasteiger partial charge in [-0.2, -0.15) is 0 Å². The molecule has 2 aliphatic rings. The molecule has 2 aromatic heterocycles. The molecule has 6 heteroatoms. The molecule has 0 amide bonds. The molecule has 4 rings (SSSR count). The molecule has 1 aliphatic carbocycles. The third-order valence-electron chi connectivity index (χ3n) is 5.17. The Morgan fingerprint density at radius 2 is 2.17 bits per heavy atom. The molecule has 5 nitrogen and oxygen atoms in total. The van der Waals surface area contributed by atoms with Crippen molar-refractivity contribution < 1.29 is 4.74 Å². The minimum absolute atomic E-state index is 0.0390. The van der Waals surface area contributed by atoms with Crippen LogP contribution in [0.4, 0.5) is 0 Å². The second kappa shape index (κ2) is 6.00. The minimum Gasteiger partial charge on any atom is -0.379 e. The van der Waals surface area contributed by atoms with Crippen LogP contribution in [0.5, 0.6) is 0 Å². The van der Waals surface area contributed by atoms with Crippen LogP contribution in [0.1, 0.15) is 42.6 Å². The Kier molecular flexibility index (Phi) is 3.99. The number of aromatic amines is 1. The van der Waals surface area contributed by atoms with Gasteiger partial charge in [-0.25, -0.2) is 4.98 Å². The Balaban J connectivity index is 1.74. The Bertz CT molecular complexity index is 776. The van der Waals surface area contributed by atoms with E-state index in [0.29, 0.717) is 5.92 Å². The van der Waals surface area contributed by atoms with Crippen molar-refractivity contribution in [3.8, 4) is 0 Å². The molecule has 0 unspecified atom stereocenters. The van der Waals surface area contributed by atoms with Crippen molar-refractivity contribution >= 4 is 21.6 Å². The van der Waals surface area contributed by atoms with Crippen molar-refractivity contribution in [3.63, 3.8) is 0 Å². The van der Waals surface area contributed by atoms with E-state index in [1.165, 1.54) is 16.9 Å². The highest BCUT2D eigenvalue weighted by atomic mass is 32.1. The van der Waals surface area contributed by atoms with Gasteiger partial charge in [0.2, 0.25) is 0 Å². The Morgan fingerprint density at radius 3 is 2.96 bits per heavy atom. The van der Waals surface area contributed by atoms with E-state index in [2.05, 4.69) is 23.7 Å². The molecule has 0 saturated carbocycles. The second-order valence-electron chi connectivity index (χ2n) is 6.81. The van der Waals surface area contributed by atoms with E-state index in [0.717, 1.165) is 55.2 Å². The maximum atomic E-state index is 12.7. The van der Waals surface area contributed by atoms with E-state index in [4.69, 9.17) is 9.72 Å². The first kappa shape index (κ1) is 15.3. The van der Waals surface area contributed by atoms with Crippen molar-refractivity contribution in [2.45, 2.75) is 39.2 Å². The van der Waals surface area contributed by atoms with E-state index < -0.39 is 0 Å². The number of aryl methyl sites for hydroxylation is 1. The second-order valence-corrected chi connectivity index (χ2v) is 7.89. The van der Waals surface area contributed by atoms with Gasteiger partial charge in [0.25, 0.3) is 5.56 Å². The summed E-state index contributed by atoms with van der Waals surface area (Å²) in [6.07, 6.45) is 3.27. The van der Waals surface area contributed by atoms with E-state index in [1.54, 1.807) is 11.3 Å². The fraction of sp³-hybridized carbons (Fsp3) is 0.647. The first-order valence-corrected chi connectivity index (χ1v) is 9.31. The summed E-state index contributed by atoms with van der Waals surface area (Å²) in [5, 5.41) is 0.842. The molecule has 3 heterocycles. The van der Waals surface area contributed by atoms with Gasteiger partial charge in [-0.1, -0.05) is 6.92 Å². The van der Waals surface area contributed by atoms with E-state index in [-0.39, 0.29) is 11.6 Å². The number of morpholine rings is 1. The normalized spacial score (nSPS) is 23.8.